The zero-order valence-electron chi connectivity index (χ0n) is 12.8. The number of ether oxygens (including phenoxy) is 2. The maximum Gasteiger partial charge on any atom is 0.172 e. The molecule has 0 heterocycles. The number of aryl methyl sites for hydroxylation is 1. The van der Waals surface area contributed by atoms with Crippen molar-refractivity contribution in [2.75, 3.05) is 11.5 Å². The van der Waals surface area contributed by atoms with Crippen molar-refractivity contribution in [3.63, 3.8) is 0 Å². The Bertz CT molecular complexity index is 831. The van der Waals surface area contributed by atoms with E-state index in [1.807, 2.05) is 61.5 Å². The van der Waals surface area contributed by atoms with Gasteiger partial charge < -0.3 is 20.9 Å². The highest BCUT2D eigenvalue weighted by atomic mass is 16.5. The van der Waals surface area contributed by atoms with E-state index in [1.54, 1.807) is 12.1 Å². The van der Waals surface area contributed by atoms with Crippen molar-refractivity contribution in [2.45, 2.75) is 6.92 Å². The summed E-state index contributed by atoms with van der Waals surface area (Å²) in [5, 5.41) is 0. The molecule has 0 atom stereocenters. The summed E-state index contributed by atoms with van der Waals surface area (Å²) in [6.45, 7) is 1.95. The lowest BCUT2D eigenvalue weighted by atomic mass is 10.2. The van der Waals surface area contributed by atoms with Gasteiger partial charge in [0.25, 0.3) is 0 Å². The summed E-state index contributed by atoms with van der Waals surface area (Å²) in [7, 11) is 0. The first-order valence-electron chi connectivity index (χ1n) is 7.29. The van der Waals surface area contributed by atoms with Crippen LogP contribution in [-0.2, 0) is 0 Å². The SMILES string of the molecule is Cc1cccc(Oc2ccccc2N)c1Oc1ccccc1N. The number of nitrogens with two attached hydrogens (primary N) is 2. The fourth-order valence-electron chi connectivity index (χ4n) is 2.21. The predicted octanol–water partition coefficient (Wildman–Crippen LogP) is 4.74. The van der Waals surface area contributed by atoms with Crippen LogP contribution in [0.25, 0.3) is 0 Å². The van der Waals surface area contributed by atoms with Gasteiger partial charge in [-0.3, -0.25) is 0 Å². The van der Waals surface area contributed by atoms with Gasteiger partial charge in [0.05, 0.1) is 11.4 Å². The molecule has 0 saturated carbocycles. The summed E-state index contributed by atoms with van der Waals surface area (Å²) >= 11 is 0. The van der Waals surface area contributed by atoms with Gasteiger partial charge in [-0.15, -0.1) is 0 Å². The molecule has 3 aromatic carbocycles. The molecule has 4 N–H and O–H groups in total. The fourth-order valence-corrected chi connectivity index (χ4v) is 2.21. The molecule has 0 aliphatic rings. The normalized spacial score (nSPS) is 10.3. The van der Waals surface area contributed by atoms with Gasteiger partial charge in [0.2, 0.25) is 0 Å². The average molecular weight is 306 g/mol. The van der Waals surface area contributed by atoms with Crippen LogP contribution >= 0.6 is 0 Å². The standard InChI is InChI=1S/C19H18N2O2/c1-13-7-6-12-18(22-16-10-4-2-8-14(16)20)19(13)23-17-11-5-3-9-15(17)21/h2-12H,20-21H2,1H3. The lowest BCUT2D eigenvalue weighted by Crippen LogP contribution is -1.97. The molecule has 0 saturated heterocycles. The molecule has 0 radical (unpaired) electrons. The molecule has 0 aromatic heterocycles. The topological polar surface area (TPSA) is 70.5 Å². The van der Waals surface area contributed by atoms with E-state index in [4.69, 9.17) is 20.9 Å². The van der Waals surface area contributed by atoms with Gasteiger partial charge in [-0.25, -0.2) is 0 Å². The van der Waals surface area contributed by atoms with E-state index in [0.29, 0.717) is 34.4 Å². The average Bonchev–Trinajstić information content (AvgIpc) is 2.54. The Hall–Kier alpha value is -3.14. The largest absolute Gasteiger partial charge is 0.451 e. The smallest absolute Gasteiger partial charge is 0.172 e. The van der Waals surface area contributed by atoms with Gasteiger partial charge in [-0.2, -0.15) is 0 Å². The summed E-state index contributed by atoms with van der Waals surface area (Å²) in [6.07, 6.45) is 0. The van der Waals surface area contributed by atoms with Crippen molar-refractivity contribution in [1.82, 2.24) is 0 Å². The first kappa shape index (κ1) is 14.8. The van der Waals surface area contributed by atoms with Crippen LogP contribution < -0.4 is 20.9 Å². The van der Waals surface area contributed by atoms with Gasteiger partial charge in [0.1, 0.15) is 0 Å². The molecule has 116 valence electrons. The molecule has 0 unspecified atom stereocenters. The van der Waals surface area contributed by atoms with Gasteiger partial charge in [0, 0.05) is 0 Å². The minimum atomic E-state index is 0.569. The number of anilines is 2. The number of nitrogen functional groups attached to an aromatic ring is 2. The first-order valence-corrected chi connectivity index (χ1v) is 7.29. The molecule has 23 heavy (non-hydrogen) atoms. The Morgan fingerprint density at radius 1 is 0.609 bits per heavy atom. The molecule has 3 aromatic rings. The number of benzene rings is 3. The van der Waals surface area contributed by atoms with Gasteiger partial charge in [-0.1, -0.05) is 36.4 Å². The van der Waals surface area contributed by atoms with Crippen LogP contribution in [0.5, 0.6) is 23.0 Å². The molecule has 4 heteroatoms. The Balaban J connectivity index is 1.97. The minimum Gasteiger partial charge on any atom is -0.451 e. The molecular weight excluding hydrogens is 288 g/mol. The van der Waals surface area contributed by atoms with Crippen LogP contribution in [0.3, 0.4) is 0 Å². The minimum absolute atomic E-state index is 0.569. The van der Waals surface area contributed by atoms with Crippen molar-refractivity contribution in [3.05, 3.63) is 72.3 Å². The summed E-state index contributed by atoms with van der Waals surface area (Å²) < 4.78 is 11.9. The van der Waals surface area contributed by atoms with Crippen LogP contribution in [0.2, 0.25) is 0 Å². The number of hydrogen-bond acceptors (Lipinski definition) is 4. The number of para-hydroxylation sites is 5. The van der Waals surface area contributed by atoms with Crippen LogP contribution in [0.1, 0.15) is 5.56 Å². The monoisotopic (exact) mass is 306 g/mol. The van der Waals surface area contributed by atoms with Crippen molar-refractivity contribution in [1.29, 1.82) is 0 Å². The van der Waals surface area contributed by atoms with Gasteiger partial charge in [-0.05, 0) is 42.8 Å². The summed E-state index contributed by atoms with van der Waals surface area (Å²) in [4.78, 5) is 0. The summed E-state index contributed by atoms with van der Waals surface area (Å²) in [5.74, 6) is 2.39. The Morgan fingerprint density at radius 3 is 1.74 bits per heavy atom. The molecular formula is C19H18N2O2. The Kier molecular flexibility index (Phi) is 4.06. The van der Waals surface area contributed by atoms with E-state index >= 15 is 0 Å². The number of hydrogen-bond donors (Lipinski definition) is 2. The van der Waals surface area contributed by atoms with E-state index < -0.39 is 0 Å². The fraction of sp³-hybridized carbons (Fsp3) is 0.0526. The van der Waals surface area contributed by atoms with E-state index in [2.05, 4.69) is 0 Å². The molecule has 3 rings (SSSR count). The molecule has 0 aliphatic heterocycles. The van der Waals surface area contributed by atoms with Crippen LogP contribution in [0.4, 0.5) is 11.4 Å². The summed E-state index contributed by atoms with van der Waals surface area (Å²) in [6, 6.07) is 20.4. The third kappa shape index (κ3) is 3.21. The highest BCUT2D eigenvalue weighted by Crippen LogP contribution is 2.39. The quantitative estimate of drug-likeness (QED) is 0.683. The highest BCUT2D eigenvalue weighted by Gasteiger charge is 2.13. The second-order valence-corrected chi connectivity index (χ2v) is 5.18. The van der Waals surface area contributed by atoms with Crippen LogP contribution in [0, 0.1) is 6.92 Å². The van der Waals surface area contributed by atoms with Crippen molar-refractivity contribution < 1.29 is 9.47 Å². The van der Waals surface area contributed by atoms with Crippen LogP contribution in [0.15, 0.2) is 66.7 Å². The van der Waals surface area contributed by atoms with Crippen molar-refractivity contribution in [3.8, 4) is 23.0 Å². The maximum absolute atomic E-state index is 5.99. The van der Waals surface area contributed by atoms with Gasteiger partial charge >= 0.3 is 0 Å². The first-order chi connectivity index (χ1) is 11.1. The third-order valence-electron chi connectivity index (χ3n) is 3.45. The van der Waals surface area contributed by atoms with E-state index in [0.717, 1.165) is 5.56 Å². The van der Waals surface area contributed by atoms with Crippen molar-refractivity contribution in [2.24, 2.45) is 0 Å². The van der Waals surface area contributed by atoms with Gasteiger partial charge in [0.15, 0.2) is 23.0 Å². The zero-order valence-corrected chi connectivity index (χ0v) is 12.8. The Labute approximate surface area is 135 Å². The molecule has 4 nitrogen and oxygen atoms in total. The second kappa shape index (κ2) is 6.32. The van der Waals surface area contributed by atoms with Crippen molar-refractivity contribution >= 4 is 11.4 Å². The number of rotatable bonds is 4. The zero-order chi connectivity index (χ0) is 16.2. The lowest BCUT2D eigenvalue weighted by Gasteiger charge is -2.16. The van der Waals surface area contributed by atoms with E-state index in [1.165, 1.54) is 0 Å². The molecule has 0 amide bonds. The molecule has 0 spiro atoms. The Morgan fingerprint density at radius 2 is 1.13 bits per heavy atom. The van der Waals surface area contributed by atoms with Crippen LogP contribution in [-0.4, -0.2) is 0 Å². The molecule has 0 bridgehead atoms. The third-order valence-corrected chi connectivity index (χ3v) is 3.45. The van der Waals surface area contributed by atoms with E-state index in [-0.39, 0.29) is 0 Å². The second-order valence-electron chi connectivity index (χ2n) is 5.18. The van der Waals surface area contributed by atoms with E-state index in [9.17, 15) is 0 Å². The molecule has 0 fully saturated rings. The highest BCUT2D eigenvalue weighted by molar-refractivity contribution is 5.59. The predicted molar refractivity (Wildman–Crippen MR) is 93.0 cm³/mol. The molecule has 0 aliphatic carbocycles. The lowest BCUT2D eigenvalue weighted by molar-refractivity contribution is 0.418. The maximum atomic E-state index is 5.99. The summed E-state index contributed by atoms with van der Waals surface area (Å²) in [5.41, 5.74) is 14.0.